The SMILES string of the molecule is C=C(C)C(=O)Nc1ccc(B2OC(C)(C)C(C)(C)O2)c(C#N)c1. The van der Waals surface area contributed by atoms with E-state index in [0.717, 1.165) is 0 Å². The van der Waals surface area contributed by atoms with Gasteiger partial charge in [-0.05, 0) is 46.8 Å². The Morgan fingerprint density at radius 3 is 2.30 bits per heavy atom. The van der Waals surface area contributed by atoms with E-state index in [1.54, 1.807) is 25.1 Å². The molecule has 120 valence electrons. The minimum atomic E-state index is -0.611. The fraction of sp³-hybridized carbons (Fsp3) is 0.412. The van der Waals surface area contributed by atoms with Gasteiger partial charge in [-0.25, -0.2) is 0 Å². The van der Waals surface area contributed by atoms with Gasteiger partial charge in [0.05, 0.1) is 22.8 Å². The van der Waals surface area contributed by atoms with Crippen LogP contribution in [0.4, 0.5) is 5.69 Å². The zero-order valence-electron chi connectivity index (χ0n) is 14.2. The van der Waals surface area contributed by atoms with Crippen LogP contribution in [0.25, 0.3) is 0 Å². The number of rotatable bonds is 3. The highest BCUT2D eigenvalue weighted by Gasteiger charge is 2.52. The van der Waals surface area contributed by atoms with Crippen LogP contribution < -0.4 is 10.8 Å². The van der Waals surface area contributed by atoms with E-state index >= 15 is 0 Å². The lowest BCUT2D eigenvalue weighted by Crippen LogP contribution is -2.41. The van der Waals surface area contributed by atoms with Crippen molar-refractivity contribution in [2.45, 2.75) is 45.8 Å². The summed E-state index contributed by atoms with van der Waals surface area (Å²) in [5.41, 5.74) is 1.05. The third kappa shape index (κ3) is 3.31. The van der Waals surface area contributed by atoms with E-state index in [1.165, 1.54) is 0 Å². The van der Waals surface area contributed by atoms with Gasteiger partial charge in [-0.2, -0.15) is 5.26 Å². The van der Waals surface area contributed by atoms with Crippen LogP contribution in [0.2, 0.25) is 0 Å². The average Bonchev–Trinajstić information content (AvgIpc) is 2.66. The van der Waals surface area contributed by atoms with Crippen molar-refractivity contribution >= 4 is 24.2 Å². The summed E-state index contributed by atoms with van der Waals surface area (Å²) < 4.78 is 12.0. The molecular weight excluding hydrogens is 291 g/mol. The third-order valence-electron chi connectivity index (χ3n) is 4.33. The van der Waals surface area contributed by atoms with Crippen molar-refractivity contribution in [3.63, 3.8) is 0 Å². The minimum absolute atomic E-state index is 0.280. The molecule has 6 heteroatoms. The summed E-state index contributed by atoms with van der Waals surface area (Å²) >= 11 is 0. The highest BCUT2D eigenvalue weighted by atomic mass is 16.7. The van der Waals surface area contributed by atoms with Crippen molar-refractivity contribution in [3.8, 4) is 6.07 Å². The van der Waals surface area contributed by atoms with Crippen LogP contribution in [-0.2, 0) is 14.1 Å². The van der Waals surface area contributed by atoms with Gasteiger partial charge in [0.1, 0.15) is 0 Å². The number of nitrogens with one attached hydrogen (secondary N) is 1. The molecule has 5 nitrogen and oxygen atoms in total. The van der Waals surface area contributed by atoms with Crippen LogP contribution in [0.5, 0.6) is 0 Å². The van der Waals surface area contributed by atoms with Gasteiger partial charge in [-0.3, -0.25) is 4.79 Å². The van der Waals surface area contributed by atoms with Crippen LogP contribution in [0, 0.1) is 11.3 Å². The molecule has 1 aromatic rings. The Balaban J connectivity index is 2.30. The summed E-state index contributed by atoms with van der Waals surface area (Å²) in [5.74, 6) is -0.280. The van der Waals surface area contributed by atoms with Gasteiger partial charge >= 0.3 is 7.12 Å². The Labute approximate surface area is 137 Å². The molecule has 1 aliphatic heterocycles. The standard InChI is InChI=1S/C17H21BN2O3/c1-11(2)15(21)20-13-7-8-14(12(9-13)10-19)18-22-16(3,4)17(5,6)23-18/h7-9H,1H2,2-6H3,(H,20,21). The number of carbonyl (C=O) groups is 1. The molecule has 1 fully saturated rings. The molecule has 0 bridgehead atoms. The molecule has 0 aliphatic carbocycles. The van der Waals surface area contributed by atoms with E-state index in [0.29, 0.717) is 22.3 Å². The highest BCUT2D eigenvalue weighted by Crippen LogP contribution is 2.36. The largest absolute Gasteiger partial charge is 0.496 e. The Morgan fingerprint density at radius 1 is 1.26 bits per heavy atom. The molecule has 0 spiro atoms. The molecule has 0 aromatic heterocycles. The van der Waals surface area contributed by atoms with Gasteiger partial charge in [0.25, 0.3) is 5.91 Å². The number of benzene rings is 1. The van der Waals surface area contributed by atoms with Crippen molar-refractivity contribution < 1.29 is 14.1 Å². The van der Waals surface area contributed by atoms with E-state index in [2.05, 4.69) is 18.0 Å². The molecule has 1 heterocycles. The first kappa shape index (κ1) is 17.3. The first-order valence-corrected chi connectivity index (χ1v) is 7.44. The van der Waals surface area contributed by atoms with Gasteiger partial charge < -0.3 is 14.6 Å². The molecule has 0 radical (unpaired) electrons. The first-order chi connectivity index (χ1) is 10.6. The average molecular weight is 312 g/mol. The maximum atomic E-state index is 11.7. The highest BCUT2D eigenvalue weighted by molar-refractivity contribution is 6.62. The van der Waals surface area contributed by atoms with E-state index < -0.39 is 18.3 Å². The van der Waals surface area contributed by atoms with Gasteiger partial charge in [-0.15, -0.1) is 0 Å². The second-order valence-electron chi connectivity index (χ2n) is 6.74. The van der Waals surface area contributed by atoms with E-state index in [4.69, 9.17) is 9.31 Å². The lowest BCUT2D eigenvalue weighted by Gasteiger charge is -2.32. The van der Waals surface area contributed by atoms with Gasteiger partial charge in [-0.1, -0.05) is 12.6 Å². The summed E-state index contributed by atoms with van der Waals surface area (Å²) in [5, 5.41) is 12.1. The van der Waals surface area contributed by atoms with Gasteiger partial charge in [0.15, 0.2) is 0 Å². The number of nitriles is 1. The maximum absolute atomic E-state index is 11.7. The summed E-state index contributed by atoms with van der Waals surface area (Å²) in [6.45, 7) is 13.0. The molecule has 1 aliphatic rings. The van der Waals surface area contributed by atoms with Crippen LogP contribution >= 0.6 is 0 Å². The molecule has 23 heavy (non-hydrogen) atoms. The Kier molecular flexibility index (Phi) is 4.38. The maximum Gasteiger partial charge on any atom is 0.496 e. The molecule has 0 saturated carbocycles. The molecule has 1 saturated heterocycles. The summed E-state index contributed by atoms with van der Waals surface area (Å²) in [6.07, 6.45) is 0. The zero-order chi connectivity index (χ0) is 17.4. The van der Waals surface area contributed by atoms with Crippen molar-refractivity contribution in [2.24, 2.45) is 0 Å². The van der Waals surface area contributed by atoms with Crippen LogP contribution in [0.3, 0.4) is 0 Å². The minimum Gasteiger partial charge on any atom is -0.399 e. The van der Waals surface area contributed by atoms with E-state index in [9.17, 15) is 10.1 Å². The lowest BCUT2D eigenvalue weighted by molar-refractivity contribution is -0.112. The number of nitrogens with zero attached hydrogens (tertiary/aromatic N) is 1. The predicted molar refractivity (Wildman–Crippen MR) is 90.3 cm³/mol. The monoisotopic (exact) mass is 312 g/mol. The summed E-state index contributed by atoms with van der Waals surface area (Å²) in [4.78, 5) is 11.7. The van der Waals surface area contributed by atoms with Gasteiger partial charge in [0.2, 0.25) is 0 Å². The second-order valence-corrected chi connectivity index (χ2v) is 6.74. The Hall–Kier alpha value is -2.10. The van der Waals surface area contributed by atoms with Crippen LogP contribution in [-0.4, -0.2) is 24.2 Å². The van der Waals surface area contributed by atoms with E-state index in [-0.39, 0.29) is 5.91 Å². The van der Waals surface area contributed by atoms with Gasteiger partial charge in [0, 0.05) is 16.7 Å². The fourth-order valence-corrected chi connectivity index (χ4v) is 2.14. The number of anilines is 1. The van der Waals surface area contributed by atoms with Crippen LogP contribution in [0.1, 0.15) is 40.2 Å². The van der Waals surface area contributed by atoms with Crippen molar-refractivity contribution in [1.82, 2.24) is 0 Å². The molecule has 1 amide bonds. The topological polar surface area (TPSA) is 71.3 Å². The Morgan fingerprint density at radius 2 is 1.83 bits per heavy atom. The molecule has 0 atom stereocenters. The van der Waals surface area contributed by atoms with Crippen LogP contribution in [0.15, 0.2) is 30.4 Å². The zero-order valence-corrected chi connectivity index (χ0v) is 14.2. The third-order valence-corrected chi connectivity index (χ3v) is 4.33. The Bertz CT molecular complexity index is 688. The van der Waals surface area contributed by atoms with Crippen molar-refractivity contribution in [3.05, 3.63) is 35.9 Å². The smallest absolute Gasteiger partial charge is 0.399 e. The quantitative estimate of drug-likeness (QED) is 0.687. The lowest BCUT2D eigenvalue weighted by atomic mass is 9.76. The fourth-order valence-electron chi connectivity index (χ4n) is 2.14. The normalized spacial score (nSPS) is 18.3. The van der Waals surface area contributed by atoms with E-state index in [1.807, 2.05) is 27.7 Å². The van der Waals surface area contributed by atoms with Crippen molar-refractivity contribution in [1.29, 1.82) is 5.26 Å². The summed E-state index contributed by atoms with van der Waals surface area (Å²) in [6, 6.07) is 7.22. The van der Waals surface area contributed by atoms with Crippen molar-refractivity contribution in [2.75, 3.05) is 5.32 Å². The molecular formula is C17H21BN2O3. The number of amides is 1. The number of hydrogen-bond donors (Lipinski definition) is 1. The molecule has 1 N–H and O–H groups in total. The molecule has 2 rings (SSSR count). The molecule has 0 unspecified atom stereocenters. The predicted octanol–water partition coefficient (Wildman–Crippen LogP) is 2.37. The molecule has 1 aromatic carbocycles. The number of hydrogen-bond acceptors (Lipinski definition) is 4. The summed E-state index contributed by atoms with van der Waals surface area (Å²) in [7, 11) is -0.611. The number of carbonyl (C=O) groups excluding carboxylic acids is 1. The first-order valence-electron chi connectivity index (χ1n) is 7.44. The second kappa shape index (κ2) is 5.84.